The Morgan fingerprint density at radius 3 is 2.63 bits per heavy atom. The summed E-state index contributed by atoms with van der Waals surface area (Å²) >= 11 is 0. The molecule has 0 radical (unpaired) electrons. The molecule has 0 unspecified atom stereocenters. The second kappa shape index (κ2) is 11.5. The standard InChI is InChI=1S/C23H37NO6/c1-5-6-10-29-11-7-12-30-21-13-18(8-9-20(21)28-4)19-14-24(22(27)15-25)16-23(19,3)17(2)26/h8-9,13,17,19,25-26H,5-7,10-12,14-16H2,1-4H3/t17-,19+,23+/m1/s1. The van der Waals surface area contributed by atoms with Crippen molar-refractivity contribution in [3.8, 4) is 11.5 Å². The predicted octanol–water partition coefficient (Wildman–Crippen LogP) is 2.59. The van der Waals surface area contributed by atoms with Crippen LogP contribution in [0.25, 0.3) is 0 Å². The molecule has 1 saturated heterocycles. The number of carbonyl (C=O) groups is 1. The molecular weight excluding hydrogens is 386 g/mol. The lowest BCUT2D eigenvalue weighted by Gasteiger charge is -2.33. The average Bonchev–Trinajstić information content (AvgIpc) is 3.11. The quantitative estimate of drug-likeness (QED) is 0.503. The highest BCUT2D eigenvalue weighted by Crippen LogP contribution is 2.46. The van der Waals surface area contributed by atoms with Crippen molar-refractivity contribution in [3.05, 3.63) is 23.8 Å². The van der Waals surface area contributed by atoms with Crippen molar-refractivity contribution in [2.24, 2.45) is 5.41 Å². The number of hydrogen-bond donors (Lipinski definition) is 2. The maximum atomic E-state index is 12.1. The van der Waals surface area contributed by atoms with Crippen molar-refractivity contribution in [3.63, 3.8) is 0 Å². The van der Waals surface area contributed by atoms with Gasteiger partial charge in [0.25, 0.3) is 0 Å². The lowest BCUT2D eigenvalue weighted by Crippen LogP contribution is -2.38. The Morgan fingerprint density at radius 1 is 1.27 bits per heavy atom. The van der Waals surface area contributed by atoms with Crippen LogP contribution in [0.5, 0.6) is 11.5 Å². The van der Waals surface area contributed by atoms with Gasteiger partial charge < -0.3 is 29.3 Å². The summed E-state index contributed by atoms with van der Waals surface area (Å²) < 4.78 is 17.0. The first kappa shape index (κ1) is 24.4. The van der Waals surface area contributed by atoms with Crippen LogP contribution < -0.4 is 9.47 Å². The molecule has 7 heteroatoms. The van der Waals surface area contributed by atoms with Crippen LogP contribution >= 0.6 is 0 Å². The fourth-order valence-corrected chi connectivity index (χ4v) is 3.93. The van der Waals surface area contributed by atoms with E-state index in [1.54, 1.807) is 18.9 Å². The third-order valence-electron chi connectivity index (χ3n) is 6.10. The van der Waals surface area contributed by atoms with Gasteiger partial charge in [0.15, 0.2) is 11.5 Å². The number of methoxy groups -OCH3 is 1. The molecule has 0 spiro atoms. The smallest absolute Gasteiger partial charge is 0.248 e. The van der Waals surface area contributed by atoms with Gasteiger partial charge in [-0.3, -0.25) is 4.79 Å². The predicted molar refractivity (Wildman–Crippen MR) is 115 cm³/mol. The molecule has 1 heterocycles. The van der Waals surface area contributed by atoms with E-state index < -0.39 is 18.1 Å². The molecule has 30 heavy (non-hydrogen) atoms. The van der Waals surface area contributed by atoms with Crippen molar-refractivity contribution in [2.45, 2.75) is 52.1 Å². The van der Waals surface area contributed by atoms with Crippen LogP contribution in [0.4, 0.5) is 0 Å². The number of ether oxygens (including phenoxy) is 3. The molecular formula is C23H37NO6. The van der Waals surface area contributed by atoms with E-state index in [4.69, 9.17) is 14.2 Å². The molecule has 1 aliphatic heterocycles. The van der Waals surface area contributed by atoms with Gasteiger partial charge >= 0.3 is 0 Å². The van der Waals surface area contributed by atoms with Gasteiger partial charge in [0.1, 0.15) is 6.61 Å². The molecule has 1 aromatic rings. The zero-order valence-electron chi connectivity index (χ0n) is 18.7. The van der Waals surface area contributed by atoms with Gasteiger partial charge in [-0.1, -0.05) is 26.3 Å². The van der Waals surface area contributed by atoms with E-state index in [0.29, 0.717) is 37.8 Å². The summed E-state index contributed by atoms with van der Waals surface area (Å²) in [6, 6.07) is 5.76. The third kappa shape index (κ3) is 5.86. The minimum Gasteiger partial charge on any atom is -0.493 e. The van der Waals surface area contributed by atoms with E-state index in [-0.39, 0.29) is 11.8 Å². The Hall–Kier alpha value is -1.83. The van der Waals surface area contributed by atoms with Gasteiger partial charge in [0.2, 0.25) is 5.91 Å². The molecule has 2 rings (SSSR count). The maximum Gasteiger partial charge on any atom is 0.248 e. The number of hydrogen-bond acceptors (Lipinski definition) is 6. The minimum absolute atomic E-state index is 0.0846. The number of rotatable bonds is 12. The number of unbranched alkanes of at least 4 members (excludes halogenated alkanes) is 1. The SMILES string of the molecule is CCCCOCCCOc1cc([C@@H]2CN(C(=O)CO)C[C@@]2(C)[C@@H](C)O)ccc1OC. The highest BCUT2D eigenvalue weighted by molar-refractivity contribution is 5.77. The fraction of sp³-hybridized carbons (Fsp3) is 0.696. The lowest BCUT2D eigenvalue weighted by atomic mass is 9.72. The first-order chi connectivity index (χ1) is 14.4. The highest BCUT2D eigenvalue weighted by atomic mass is 16.5. The molecule has 0 saturated carbocycles. The van der Waals surface area contributed by atoms with E-state index >= 15 is 0 Å². The van der Waals surface area contributed by atoms with Gasteiger partial charge in [-0.25, -0.2) is 0 Å². The number of carbonyl (C=O) groups excluding carboxylic acids is 1. The maximum absolute atomic E-state index is 12.1. The van der Waals surface area contributed by atoms with Crippen LogP contribution in [-0.2, 0) is 9.53 Å². The molecule has 1 aliphatic rings. The van der Waals surface area contributed by atoms with Crippen molar-refractivity contribution < 1.29 is 29.2 Å². The Bertz CT molecular complexity index is 680. The third-order valence-corrected chi connectivity index (χ3v) is 6.10. The highest BCUT2D eigenvalue weighted by Gasteiger charge is 2.48. The van der Waals surface area contributed by atoms with Crippen LogP contribution in [0.2, 0.25) is 0 Å². The molecule has 2 N–H and O–H groups in total. The molecule has 1 amide bonds. The van der Waals surface area contributed by atoms with E-state index in [0.717, 1.165) is 31.4 Å². The summed E-state index contributed by atoms with van der Waals surface area (Å²) in [5, 5.41) is 19.7. The minimum atomic E-state index is -0.620. The van der Waals surface area contributed by atoms with Crippen molar-refractivity contribution >= 4 is 5.91 Å². The summed E-state index contributed by atoms with van der Waals surface area (Å²) in [7, 11) is 1.60. The van der Waals surface area contributed by atoms with Gasteiger partial charge in [0, 0.05) is 44.1 Å². The summed E-state index contributed by atoms with van der Waals surface area (Å²) in [4.78, 5) is 13.7. The lowest BCUT2D eigenvalue weighted by molar-refractivity contribution is -0.133. The van der Waals surface area contributed by atoms with Gasteiger partial charge in [-0.2, -0.15) is 0 Å². The molecule has 0 bridgehead atoms. The Labute approximate surface area is 179 Å². The number of aliphatic hydroxyl groups excluding tert-OH is 2. The van der Waals surface area contributed by atoms with Crippen molar-refractivity contribution in [1.29, 1.82) is 0 Å². The average molecular weight is 424 g/mol. The normalized spacial score (nSPS) is 22.2. The van der Waals surface area contributed by atoms with Gasteiger partial charge in [0.05, 0.1) is 19.8 Å². The molecule has 170 valence electrons. The van der Waals surface area contributed by atoms with E-state index in [1.807, 2.05) is 25.1 Å². The molecule has 7 nitrogen and oxygen atoms in total. The van der Waals surface area contributed by atoms with E-state index in [2.05, 4.69) is 6.92 Å². The van der Waals surface area contributed by atoms with Crippen molar-refractivity contribution in [2.75, 3.05) is 46.6 Å². The number of nitrogens with zero attached hydrogens (tertiary/aromatic N) is 1. The zero-order valence-corrected chi connectivity index (χ0v) is 18.7. The molecule has 0 aliphatic carbocycles. The number of aliphatic hydroxyl groups is 2. The Kier molecular flexibility index (Phi) is 9.39. The van der Waals surface area contributed by atoms with Crippen LogP contribution in [0.3, 0.4) is 0 Å². The monoisotopic (exact) mass is 423 g/mol. The summed E-state index contributed by atoms with van der Waals surface area (Å²) in [6.45, 7) is 8.12. The largest absolute Gasteiger partial charge is 0.493 e. The first-order valence-corrected chi connectivity index (χ1v) is 10.8. The Morgan fingerprint density at radius 2 is 2.00 bits per heavy atom. The number of likely N-dealkylation sites (tertiary alicyclic amines) is 1. The second-order valence-electron chi connectivity index (χ2n) is 8.24. The van der Waals surface area contributed by atoms with Gasteiger partial charge in [-0.15, -0.1) is 0 Å². The number of amides is 1. The number of benzene rings is 1. The van der Waals surface area contributed by atoms with E-state index in [9.17, 15) is 15.0 Å². The summed E-state index contributed by atoms with van der Waals surface area (Å²) in [5.74, 6) is 0.880. The molecule has 0 aromatic heterocycles. The summed E-state index contributed by atoms with van der Waals surface area (Å²) in [6.07, 6.45) is 2.35. The van der Waals surface area contributed by atoms with Crippen LogP contribution in [0, 0.1) is 5.41 Å². The van der Waals surface area contributed by atoms with Crippen LogP contribution in [0.1, 0.15) is 51.5 Å². The van der Waals surface area contributed by atoms with Crippen LogP contribution in [0.15, 0.2) is 18.2 Å². The van der Waals surface area contributed by atoms with E-state index in [1.165, 1.54) is 0 Å². The van der Waals surface area contributed by atoms with Gasteiger partial charge in [-0.05, 0) is 31.0 Å². The Balaban J connectivity index is 2.12. The van der Waals surface area contributed by atoms with Crippen molar-refractivity contribution in [1.82, 2.24) is 4.90 Å². The molecule has 3 atom stereocenters. The summed E-state index contributed by atoms with van der Waals surface area (Å²) in [5.41, 5.74) is 0.450. The molecule has 1 fully saturated rings. The zero-order chi connectivity index (χ0) is 22.1. The first-order valence-electron chi connectivity index (χ1n) is 10.8. The second-order valence-corrected chi connectivity index (χ2v) is 8.24. The topological polar surface area (TPSA) is 88.5 Å². The molecule has 1 aromatic carbocycles. The fourth-order valence-electron chi connectivity index (χ4n) is 3.93. The van der Waals surface area contributed by atoms with Crippen LogP contribution in [-0.4, -0.2) is 73.8 Å².